The standard InChI is InChI=1S/C22H26O/c1-4-19-11-8-13-20(16-19)12-7-9-17(2)15-22(23)21-14-6-5-10-18(21)3/h5-6,8,10-11,13-16H,4,7,9,12H2,1-3H3/b17-15+. The van der Waals surface area contributed by atoms with Crippen LogP contribution in [0, 0.1) is 6.92 Å². The number of carbonyl (C=O) groups is 1. The number of allylic oxidation sites excluding steroid dienone is 2. The van der Waals surface area contributed by atoms with E-state index < -0.39 is 0 Å². The van der Waals surface area contributed by atoms with Crippen molar-refractivity contribution in [3.8, 4) is 0 Å². The molecule has 0 amide bonds. The van der Waals surface area contributed by atoms with Crippen LogP contribution in [0.3, 0.4) is 0 Å². The summed E-state index contributed by atoms with van der Waals surface area (Å²) in [5, 5.41) is 0. The third-order valence-electron chi connectivity index (χ3n) is 4.22. The van der Waals surface area contributed by atoms with Crippen molar-refractivity contribution in [3.05, 3.63) is 82.4 Å². The SMILES string of the molecule is CCc1cccc(CCC/C(C)=C/C(=O)c2ccccc2C)c1. The van der Waals surface area contributed by atoms with Gasteiger partial charge in [0.2, 0.25) is 0 Å². The fourth-order valence-electron chi connectivity index (χ4n) is 2.80. The first-order valence-electron chi connectivity index (χ1n) is 8.45. The van der Waals surface area contributed by atoms with Gasteiger partial charge in [-0.1, -0.05) is 61.0 Å². The summed E-state index contributed by atoms with van der Waals surface area (Å²) in [5.74, 6) is 0.119. The molecule has 0 heterocycles. The van der Waals surface area contributed by atoms with Crippen molar-refractivity contribution in [1.29, 1.82) is 0 Å². The molecule has 1 nitrogen and oxygen atoms in total. The maximum atomic E-state index is 12.3. The molecule has 0 aliphatic heterocycles. The Morgan fingerprint density at radius 2 is 1.78 bits per heavy atom. The zero-order valence-electron chi connectivity index (χ0n) is 14.4. The summed E-state index contributed by atoms with van der Waals surface area (Å²) in [4.78, 5) is 12.3. The highest BCUT2D eigenvalue weighted by Gasteiger charge is 2.06. The van der Waals surface area contributed by atoms with Gasteiger partial charge in [0, 0.05) is 5.56 Å². The third-order valence-corrected chi connectivity index (χ3v) is 4.22. The Morgan fingerprint density at radius 1 is 1.04 bits per heavy atom. The molecule has 23 heavy (non-hydrogen) atoms. The summed E-state index contributed by atoms with van der Waals surface area (Å²) in [5.41, 5.74) is 5.79. The van der Waals surface area contributed by atoms with Crippen molar-refractivity contribution >= 4 is 5.78 Å². The molecule has 0 fully saturated rings. The molecule has 2 aromatic carbocycles. The van der Waals surface area contributed by atoms with Crippen LogP contribution >= 0.6 is 0 Å². The van der Waals surface area contributed by atoms with Crippen LogP contribution in [0.15, 0.2) is 60.2 Å². The number of carbonyl (C=O) groups excluding carboxylic acids is 1. The molecule has 2 rings (SSSR count). The predicted octanol–water partition coefficient (Wildman–Crippen LogP) is 5.71. The summed E-state index contributed by atoms with van der Waals surface area (Å²) in [6, 6.07) is 16.6. The zero-order valence-corrected chi connectivity index (χ0v) is 14.4. The Hall–Kier alpha value is -2.15. The van der Waals surface area contributed by atoms with Crippen LogP contribution in [-0.4, -0.2) is 5.78 Å². The average Bonchev–Trinajstić information content (AvgIpc) is 2.55. The van der Waals surface area contributed by atoms with E-state index in [4.69, 9.17) is 0 Å². The van der Waals surface area contributed by atoms with E-state index in [9.17, 15) is 4.79 Å². The Labute approximate surface area is 140 Å². The first-order chi connectivity index (χ1) is 11.1. The second-order valence-corrected chi connectivity index (χ2v) is 6.20. The molecule has 0 saturated carbocycles. The van der Waals surface area contributed by atoms with Gasteiger partial charge in [-0.25, -0.2) is 0 Å². The van der Waals surface area contributed by atoms with Crippen molar-refractivity contribution in [2.75, 3.05) is 0 Å². The zero-order chi connectivity index (χ0) is 16.7. The van der Waals surface area contributed by atoms with Gasteiger partial charge in [0.15, 0.2) is 5.78 Å². The van der Waals surface area contributed by atoms with E-state index in [1.54, 1.807) is 6.08 Å². The maximum absolute atomic E-state index is 12.3. The van der Waals surface area contributed by atoms with Crippen LogP contribution in [0.2, 0.25) is 0 Å². The Balaban J connectivity index is 1.90. The summed E-state index contributed by atoms with van der Waals surface area (Å²) in [6.45, 7) is 6.22. The van der Waals surface area contributed by atoms with Crippen LogP contribution in [0.4, 0.5) is 0 Å². The second-order valence-electron chi connectivity index (χ2n) is 6.20. The molecule has 2 aromatic rings. The molecule has 0 saturated heterocycles. The molecule has 120 valence electrons. The van der Waals surface area contributed by atoms with E-state index in [0.29, 0.717) is 0 Å². The summed E-state index contributed by atoms with van der Waals surface area (Å²) < 4.78 is 0. The number of hydrogen-bond acceptors (Lipinski definition) is 1. The van der Waals surface area contributed by atoms with Gasteiger partial charge < -0.3 is 0 Å². The molecule has 0 radical (unpaired) electrons. The number of aryl methyl sites for hydroxylation is 3. The highest BCUT2D eigenvalue weighted by molar-refractivity contribution is 6.05. The molecule has 0 unspecified atom stereocenters. The summed E-state index contributed by atoms with van der Waals surface area (Å²) in [6.07, 6.45) is 5.99. The average molecular weight is 306 g/mol. The first-order valence-corrected chi connectivity index (χ1v) is 8.45. The van der Waals surface area contributed by atoms with Crippen molar-refractivity contribution < 1.29 is 4.79 Å². The van der Waals surface area contributed by atoms with Crippen LogP contribution in [0.25, 0.3) is 0 Å². The van der Waals surface area contributed by atoms with E-state index >= 15 is 0 Å². The van der Waals surface area contributed by atoms with E-state index in [2.05, 4.69) is 38.1 Å². The normalized spacial score (nSPS) is 11.5. The largest absolute Gasteiger partial charge is 0.289 e. The molecule has 0 aromatic heterocycles. The molecule has 0 aliphatic rings. The molecule has 0 N–H and O–H groups in total. The fourth-order valence-corrected chi connectivity index (χ4v) is 2.80. The monoisotopic (exact) mass is 306 g/mol. The number of benzene rings is 2. The molecule has 0 aliphatic carbocycles. The Bertz CT molecular complexity index is 695. The topological polar surface area (TPSA) is 17.1 Å². The first kappa shape index (κ1) is 17.2. The van der Waals surface area contributed by atoms with Crippen LogP contribution in [0.5, 0.6) is 0 Å². The molecule has 1 heteroatoms. The molecule has 0 spiro atoms. The van der Waals surface area contributed by atoms with E-state index in [-0.39, 0.29) is 5.78 Å². The summed E-state index contributed by atoms with van der Waals surface area (Å²) in [7, 11) is 0. The van der Waals surface area contributed by atoms with E-state index in [0.717, 1.165) is 42.4 Å². The van der Waals surface area contributed by atoms with Crippen molar-refractivity contribution in [1.82, 2.24) is 0 Å². The number of hydrogen-bond donors (Lipinski definition) is 0. The van der Waals surface area contributed by atoms with Gasteiger partial charge in [-0.3, -0.25) is 4.79 Å². The number of rotatable bonds is 7. The van der Waals surface area contributed by atoms with Gasteiger partial charge in [-0.2, -0.15) is 0 Å². The highest BCUT2D eigenvalue weighted by Crippen LogP contribution is 2.14. The van der Waals surface area contributed by atoms with Crippen molar-refractivity contribution in [3.63, 3.8) is 0 Å². The van der Waals surface area contributed by atoms with E-state index in [1.165, 1.54) is 11.1 Å². The third kappa shape index (κ3) is 5.21. The van der Waals surface area contributed by atoms with Crippen LogP contribution < -0.4 is 0 Å². The molecule has 0 bridgehead atoms. The number of ketones is 1. The lowest BCUT2D eigenvalue weighted by atomic mass is 9.99. The van der Waals surface area contributed by atoms with Crippen LogP contribution in [0.1, 0.15) is 53.7 Å². The van der Waals surface area contributed by atoms with Gasteiger partial charge in [0.25, 0.3) is 0 Å². The molecular weight excluding hydrogens is 280 g/mol. The van der Waals surface area contributed by atoms with Crippen molar-refractivity contribution in [2.24, 2.45) is 0 Å². The highest BCUT2D eigenvalue weighted by atomic mass is 16.1. The van der Waals surface area contributed by atoms with Gasteiger partial charge in [0.1, 0.15) is 0 Å². The molecular formula is C22H26O. The molecule has 0 atom stereocenters. The lowest BCUT2D eigenvalue weighted by molar-refractivity contribution is 0.104. The van der Waals surface area contributed by atoms with Gasteiger partial charge in [-0.15, -0.1) is 0 Å². The van der Waals surface area contributed by atoms with Gasteiger partial charge in [0.05, 0.1) is 0 Å². The quantitative estimate of drug-likeness (QED) is 0.473. The fraction of sp³-hybridized carbons (Fsp3) is 0.318. The van der Waals surface area contributed by atoms with E-state index in [1.807, 2.05) is 31.2 Å². The summed E-state index contributed by atoms with van der Waals surface area (Å²) >= 11 is 0. The van der Waals surface area contributed by atoms with Crippen LogP contribution in [-0.2, 0) is 12.8 Å². The van der Waals surface area contributed by atoms with Gasteiger partial charge in [-0.05, 0) is 62.3 Å². The lowest BCUT2D eigenvalue weighted by Gasteiger charge is -2.05. The minimum Gasteiger partial charge on any atom is -0.289 e. The minimum absolute atomic E-state index is 0.119. The second kappa shape index (κ2) is 8.47. The van der Waals surface area contributed by atoms with Gasteiger partial charge >= 0.3 is 0 Å². The van der Waals surface area contributed by atoms with Crippen molar-refractivity contribution in [2.45, 2.75) is 46.5 Å². The Kier molecular flexibility index (Phi) is 6.34. The minimum atomic E-state index is 0.119. The Morgan fingerprint density at radius 3 is 2.52 bits per heavy atom. The smallest absolute Gasteiger partial charge is 0.186 e. The lowest BCUT2D eigenvalue weighted by Crippen LogP contribution is -1.99. The predicted molar refractivity (Wildman–Crippen MR) is 98.0 cm³/mol. The maximum Gasteiger partial charge on any atom is 0.186 e.